The second-order valence-electron chi connectivity index (χ2n) is 5.99. The van der Waals surface area contributed by atoms with E-state index in [2.05, 4.69) is 45.0 Å². The first-order chi connectivity index (χ1) is 9.47. The number of rotatable bonds is 1. The molecule has 3 rings (SSSR count). The van der Waals surface area contributed by atoms with Gasteiger partial charge in [0.05, 0.1) is 0 Å². The Kier molecular flexibility index (Phi) is 3.02. The van der Waals surface area contributed by atoms with Gasteiger partial charge in [0.25, 0.3) is 4.83 Å². The lowest BCUT2D eigenvalue weighted by Crippen LogP contribution is -2.16. The Morgan fingerprint density at radius 1 is 1.00 bits per heavy atom. The molecular weight excluding hydrogens is 266 g/mol. The van der Waals surface area contributed by atoms with E-state index in [4.69, 9.17) is 0 Å². The smallest absolute Gasteiger partial charge is 0.390 e. The van der Waals surface area contributed by atoms with Crippen LogP contribution in [-0.4, -0.2) is 5.11 Å². The van der Waals surface area contributed by atoms with Gasteiger partial charge in [0.2, 0.25) is 0 Å². The molecule has 0 aliphatic rings. The highest BCUT2D eigenvalue weighted by Crippen LogP contribution is 2.35. The van der Waals surface area contributed by atoms with Crippen molar-refractivity contribution in [1.82, 2.24) is 0 Å². The molecule has 3 heteroatoms. The zero-order valence-corrected chi connectivity index (χ0v) is 12.7. The Balaban J connectivity index is 2.09. The zero-order chi connectivity index (χ0) is 14.3. The molecule has 0 spiro atoms. The molecule has 0 aliphatic heterocycles. The van der Waals surface area contributed by atoms with Gasteiger partial charge >= 0.3 is 5.88 Å². The third-order valence-electron chi connectivity index (χ3n) is 3.47. The summed E-state index contributed by atoms with van der Waals surface area (Å²) in [5.41, 5.74) is 2.51. The normalized spacial score (nSPS) is 11.9. The molecule has 1 aromatic carbocycles. The second kappa shape index (κ2) is 4.60. The van der Waals surface area contributed by atoms with Crippen molar-refractivity contribution in [2.75, 3.05) is 0 Å². The summed E-state index contributed by atoms with van der Waals surface area (Å²) in [6, 6.07) is 14.4. The fourth-order valence-corrected chi connectivity index (χ4v) is 3.30. The first kappa shape index (κ1) is 13.1. The Hall–Kier alpha value is -1.87. The van der Waals surface area contributed by atoms with Crippen molar-refractivity contribution in [2.45, 2.75) is 26.2 Å². The van der Waals surface area contributed by atoms with Crippen molar-refractivity contribution in [3.63, 3.8) is 0 Å². The van der Waals surface area contributed by atoms with Crippen molar-refractivity contribution >= 4 is 16.2 Å². The fraction of sp³-hybridized carbons (Fsp3) is 0.235. The summed E-state index contributed by atoms with van der Waals surface area (Å²) in [5.74, 6) is 0.314. The maximum atomic E-state index is 10.3. The summed E-state index contributed by atoms with van der Waals surface area (Å²) in [7, 11) is 0. The molecule has 20 heavy (non-hydrogen) atoms. The SMILES string of the molecule is CC(C)(C)c1ccc(-c2sc3cccc[n+]3c2O)cc1. The molecule has 3 aromatic rings. The molecule has 0 bridgehead atoms. The Labute approximate surface area is 123 Å². The molecule has 0 saturated heterocycles. The van der Waals surface area contributed by atoms with Crippen LogP contribution in [0.25, 0.3) is 15.3 Å². The second-order valence-corrected chi connectivity index (χ2v) is 7.02. The first-order valence-electron chi connectivity index (χ1n) is 6.70. The summed E-state index contributed by atoms with van der Waals surface area (Å²) in [5, 5.41) is 10.3. The van der Waals surface area contributed by atoms with Crippen LogP contribution in [-0.2, 0) is 5.41 Å². The molecule has 0 atom stereocenters. The highest BCUT2D eigenvalue weighted by molar-refractivity contribution is 7.20. The molecule has 2 nitrogen and oxygen atoms in total. The minimum atomic E-state index is 0.148. The number of aromatic hydroxyl groups is 1. The highest BCUT2D eigenvalue weighted by Gasteiger charge is 2.21. The molecule has 1 N–H and O–H groups in total. The average Bonchev–Trinajstić information content (AvgIpc) is 2.76. The van der Waals surface area contributed by atoms with E-state index in [0.717, 1.165) is 15.3 Å². The quantitative estimate of drug-likeness (QED) is 0.667. The van der Waals surface area contributed by atoms with Crippen LogP contribution in [0, 0.1) is 0 Å². The lowest BCUT2D eigenvalue weighted by atomic mass is 9.86. The first-order valence-corrected chi connectivity index (χ1v) is 7.51. The molecule has 102 valence electrons. The van der Waals surface area contributed by atoms with E-state index in [1.54, 1.807) is 11.3 Å². The average molecular weight is 284 g/mol. The Bertz CT molecular complexity index is 751. The third-order valence-corrected chi connectivity index (χ3v) is 4.64. The van der Waals surface area contributed by atoms with Gasteiger partial charge in [-0.3, -0.25) is 0 Å². The van der Waals surface area contributed by atoms with Crippen LogP contribution in [0.15, 0.2) is 48.7 Å². The van der Waals surface area contributed by atoms with Crippen molar-refractivity contribution in [3.8, 4) is 16.3 Å². The van der Waals surface area contributed by atoms with Crippen LogP contribution in [0.5, 0.6) is 5.88 Å². The lowest BCUT2D eigenvalue weighted by molar-refractivity contribution is -0.517. The molecular formula is C17H18NOS+. The topological polar surface area (TPSA) is 24.3 Å². The van der Waals surface area contributed by atoms with Crippen molar-refractivity contribution in [3.05, 3.63) is 54.2 Å². The van der Waals surface area contributed by atoms with E-state index in [1.165, 1.54) is 5.56 Å². The summed E-state index contributed by atoms with van der Waals surface area (Å²) in [4.78, 5) is 1.96. The van der Waals surface area contributed by atoms with Gasteiger partial charge < -0.3 is 5.11 Å². The maximum Gasteiger partial charge on any atom is 0.390 e. The predicted octanol–water partition coefficient (Wildman–Crippen LogP) is 4.16. The lowest BCUT2D eigenvalue weighted by Gasteiger charge is -2.18. The number of hydrogen-bond acceptors (Lipinski definition) is 2. The molecule has 2 heterocycles. The number of nitrogens with zero attached hydrogens (tertiary/aromatic N) is 1. The van der Waals surface area contributed by atoms with E-state index in [1.807, 2.05) is 28.8 Å². The number of fused-ring (bicyclic) bond motifs is 1. The van der Waals surface area contributed by atoms with Crippen LogP contribution >= 0.6 is 11.3 Å². The number of benzene rings is 1. The number of hydrogen-bond donors (Lipinski definition) is 1. The summed E-state index contributed by atoms with van der Waals surface area (Å²) in [6.45, 7) is 6.61. The molecule has 0 radical (unpaired) electrons. The summed E-state index contributed by atoms with van der Waals surface area (Å²) >= 11 is 1.60. The minimum Gasteiger partial charge on any atom is -0.458 e. The Morgan fingerprint density at radius 2 is 1.70 bits per heavy atom. The molecule has 0 saturated carbocycles. The largest absolute Gasteiger partial charge is 0.458 e. The molecule has 0 aliphatic carbocycles. The molecule has 0 unspecified atom stereocenters. The Morgan fingerprint density at radius 3 is 2.30 bits per heavy atom. The van der Waals surface area contributed by atoms with Gasteiger partial charge in [-0.1, -0.05) is 56.4 Å². The van der Waals surface area contributed by atoms with Crippen LogP contribution in [0.4, 0.5) is 0 Å². The van der Waals surface area contributed by atoms with Gasteiger partial charge in [0, 0.05) is 17.7 Å². The highest BCUT2D eigenvalue weighted by atomic mass is 32.1. The third kappa shape index (κ3) is 2.18. The molecule has 0 fully saturated rings. The van der Waals surface area contributed by atoms with E-state index in [9.17, 15) is 5.11 Å². The van der Waals surface area contributed by atoms with E-state index in [-0.39, 0.29) is 5.41 Å². The van der Waals surface area contributed by atoms with Gasteiger partial charge in [-0.05, 0) is 17.0 Å². The maximum absolute atomic E-state index is 10.3. The van der Waals surface area contributed by atoms with Gasteiger partial charge in [0.15, 0.2) is 11.1 Å². The van der Waals surface area contributed by atoms with Crippen molar-refractivity contribution < 1.29 is 9.51 Å². The summed E-state index contributed by atoms with van der Waals surface area (Å²) in [6.07, 6.45) is 1.88. The van der Waals surface area contributed by atoms with Crippen LogP contribution in [0.2, 0.25) is 0 Å². The standard InChI is InChI=1S/C17H17NOS/c1-17(2,3)13-9-7-12(8-10-13)15-16(19)18-11-5-4-6-14(18)20-15/h4-11H,1-3H3/p+1. The predicted molar refractivity (Wildman–Crippen MR) is 83.3 cm³/mol. The van der Waals surface area contributed by atoms with Gasteiger partial charge in [-0.15, -0.1) is 4.40 Å². The number of aromatic nitrogens is 1. The van der Waals surface area contributed by atoms with Crippen LogP contribution in [0.1, 0.15) is 26.3 Å². The van der Waals surface area contributed by atoms with Crippen LogP contribution in [0.3, 0.4) is 0 Å². The van der Waals surface area contributed by atoms with E-state index >= 15 is 0 Å². The van der Waals surface area contributed by atoms with Gasteiger partial charge in [-0.2, -0.15) is 0 Å². The van der Waals surface area contributed by atoms with Crippen molar-refractivity contribution in [2.24, 2.45) is 0 Å². The zero-order valence-electron chi connectivity index (χ0n) is 11.9. The summed E-state index contributed by atoms with van der Waals surface area (Å²) < 4.78 is 1.82. The number of thiazole rings is 1. The minimum absolute atomic E-state index is 0.148. The number of pyridine rings is 1. The fourth-order valence-electron chi connectivity index (χ4n) is 2.25. The van der Waals surface area contributed by atoms with Gasteiger partial charge in [-0.25, -0.2) is 0 Å². The van der Waals surface area contributed by atoms with E-state index < -0.39 is 0 Å². The monoisotopic (exact) mass is 284 g/mol. The van der Waals surface area contributed by atoms with Gasteiger partial charge in [0.1, 0.15) is 0 Å². The molecule has 2 aromatic heterocycles. The van der Waals surface area contributed by atoms with E-state index in [0.29, 0.717) is 5.88 Å². The molecule has 0 amide bonds. The van der Waals surface area contributed by atoms with Crippen molar-refractivity contribution in [1.29, 1.82) is 0 Å². The van der Waals surface area contributed by atoms with Crippen LogP contribution < -0.4 is 4.40 Å².